The summed E-state index contributed by atoms with van der Waals surface area (Å²) in [5, 5.41) is 35.2. The highest BCUT2D eigenvalue weighted by atomic mass is 16.6. The van der Waals surface area contributed by atoms with Crippen molar-refractivity contribution in [1.82, 2.24) is 0 Å². The summed E-state index contributed by atoms with van der Waals surface area (Å²) in [6.07, 6.45) is 0. The molecule has 38 heavy (non-hydrogen) atoms. The van der Waals surface area contributed by atoms with Gasteiger partial charge in [0.25, 0.3) is 5.69 Å². The maximum atomic E-state index is 13.6. The van der Waals surface area contributed by atoms with Gasteiger partial charge in [-0.1, -0.05) is 17.9 Å². The number of aliphatic hydroxyl groups is 1. The lowest BCUT2D eigenvalue weighted by Crippen LogP contribution is -2.19. The van der Waals surface area contributed by atoms with Gasteiger partial charge < -0.3 is 33.9 Å². The SMILES string of the molecule is CCOC(O)=C1Oc2cc(OC(=O)c3cccc([N+](=O)[O-])c3)ccc2C([O-])=C1c1ccc(OC)c(OC)c1. The number of non-ortho nitro benzene ring substituents is 1. The Balaban J connectivity index is 1.75. The molecule has 0 amide bonds. The summed E-state index contributed by atoms with van der Waals surface area (Å²) in [4.78, 5) is 23.0. The molecule has 0 unspecified atom stereocenters. The Bertz CT molecular complexity index is 1470. The van der Waals surface area contributed by atoms with Gasteiger partial charge in [0.15, 0.2) is 11.5 Å². The predicted octanol–water partition coefficient (Wildman–Crippen LogP) is 4.22. The number of fused-ring (bicyclic) bond motifs is 1. The zero-order valence-corrected chi connectivity index (χ0v) is 20.5. The fourth-order valence-electron chi connectivity index (χ4n) is 3.76. The molecule has 1 N–H and O–H groups in total. The standard InChI is InChI=1S/C27H23NO10/c1-4-36-27(31)25-23(15-8-11-20(34-2)22(13-15)35-3)24(29)19-10-9-18(14-21(19)38-25)37-26(30)16-6-5-7-17(12-16)28(32)33/h5-14,29,31H,4H2,1-3H3/p-1. The lowest BCUT2D eigenvalue weighted by molar-refractivity contribution is -0.384. The van der Waals surface area contributed by atoms with Gasteiger partial charge in [0.05, 0.1) is 31.3 Å². The van der Waals surface area contributed by atoms with Crippen LogP contribution in [0.1, 0.15) is 28.4 Å². The number of rotatable bonds is 8. The van der Waals surface area contributed by atoms with Gasteiger partial charge in [-0.25, -0.2) is 4.79 Å². The highest BCUT2D eigenvalue weighted by Gasteiger charge is 2.27. The largest absolute Gasteiger partial charge is 0.871 e. The molecule has 0 spiro atoms. The van der Waals surface area contributed by atoms with Crippen LogP contribution in [-0.4, -0.2) is 36.8 Å². The molecule has 1 aliphatic heterocycles. The van der Waals surface area contributed by atoms with E-state index in [1.54, 1.807) is 25.1 Å². The molecular formula is C27H22NO10-. The zero-order valence-electron chi connectivity index (χ0n) is 20.5. The fraction of sp³-hybridized carbons (Fsp3) is 0.148. The molecule has 196 valence electrons. The molecule has 1 heterocycles. The summed E-state index contributed by atoms with van der Waals surface area (Å²) in [5.74, 6) is -1.37. The summed E-state index contributed by atoms with van der Waals surface area (Å²) in [6, 6.07) is 13.9. The minimum Gasteiger partial charge on any atom is -0.871 e. The average Bonchev–Trinajstić information content (AvgIpc) is 2.92. The van der Waals surface area contributed by atoms with E-state index in [0.29, 0.717) is 17.1 Å². The van der Waals surface area contributed by atoms with Crippen molar-refractivity contribution < 1.29 is 43.6 Å². The van der Waals surface area contributed by atoms with Crippen LogP contribution >= 0.6 is 0 Å². The van der Waals surface area contributed by atoms with Crippen molar-refractivity contribution in [2.24, 2.45) is 0 Å². The predicted molar refractivity (Wildman–Crippen MR) is 133 cm³/mol. The molecule has 0 bridgehead atoms. The van der Waals surface area contributed by atoms with Crippen LogP contribution in [-0.2, 0) is 4.74 Å². The van der Waals surface area contributed by atoms with Crippen molar-refractivity contribution in [3.8, 4) is 23.0 Å². The van der Waals surface area contributed by atoms with Gasteiger partial charge in [0.2, 0.25) is 5.76 Å². The van der Waals surface area contributed by atoms with E-state index in [4.69, 9.17) is 23.7 Å². The Morgan fingerprint density at radius 2 is 1.79 bits per heavy atom. The number of carbonyl (C=O) groups excluding carboxylic acids is 1. The van der Waals surface area contributed by atoms with E-state index in [-0.39, 0.29) is 46.3 Å². The normalized spacial score (nSPS) is 13.7. The number of nitro benzene ring substituents is 1. The molecule has 0 saturated heterocycles. The third kappa shape index (κ3) is 5.03. The minimum atomic E-state index is -0.846. The third-order valence-corrected chi connectivity index (χ3v) is 5.51. The Morgan fingerprint density at radius 3 is 2.47 bits per heavy atom. The smallest absolute Gasteiger partial charge is 0.343 e. The number of aliphatic hydroxyl groups excluding tert-OH is 1. The Labute approximate surface area is 216 Å². The van der Waals surface area contributed by atoms with Crippen LogP contribution < -0.4 is 24.1 Å². The maximum absolute atomic E-state index is 13.6. The quantitative estimate of drug-likeness (QED) is 0.150. The molecule has 3 aromatic rings. The number of hydrogen-bond acceptors (Lipinski definition) is 10. The first-order chi connectivity index (χ1) is 18.3. The van der Waals surface area contributed by atoms with E-state index in [1.165, 1.54) is 50.6 Å². The highest BCUT2D eigenvalue weighted by Crippen LogP contribution is 2.44. The zero-order chi connectivity index (χ0) is 27.4. The lowest BCUT2D eigenvalue weighted by atomic mass is 9.96. The van der Waals surface area contributed by atoms with E-state index in [1.807, 2.05) is 0 Å². The highest BCUT2D eigenvalue weighted by molar-refractivity contribution is 5.97. The van der Waals surface area contributed by atoms with Crippen molar-refractivity contribution in [3.05, 3.63) is 99.2 Å². The second-order valence-electron chi connectivity index (χ2n) is 7.80. The van der Waals surface area contributed by atoms with E-state index in [2.05, 4.69) is 0 Å². The van der Waals surface area contributed by atoms with Gasteiger partial charge in [-0.2, -0.15) is 0 Å². The summed E-state index contributed by atoms with van der Waals surface area (Å²) >= 11 is 0. The van der Waals surface area contributed by atoms with E-state index < -0.39 is 22.6 Å². The minimum absolute atomic E-state index is 0.00446. The van der Waals surface area contributed by atoms with Crippen LogP contribution in [0.3, 0.4) is 0 Å². The molecule has 4 rings (SSSR count). The molecule has 11 nitrogen and oxygen atoms in total. The molecule has 0 aromatic heterocycles. The van der Waals surface area contributed by atoms with Crippen LogP contribution in [0, 0.1) is 10.1 Å². The first-order valence-corrected chi connectivity index (χ1v) is 11.3. The molecule has 1 aliphatic rings. The Morgan fingerprint density at radius 1 is 1.03 bits per heavy atom. The van der Waals surface area contributed by atoms with Crippen molar-refractivity contribution in [2.45, 2.75) is 6.92 Å². The second-order valence-corrected chi connectivity index (χ2v) is 7.80. The molecular weight excluding hydrogens is 498 g/mol. The number of nitro groups is 1. The van der Waals surface area contributed by atoms with E-state index >= 15 is 0 Å². The van der Waals surface area contributed by atoms with Crippen molar-refractivity contribution >= 4 is 23.0 Å². The van der Waals surface area contributed by atoms with Crippen molar-refractivity contribution in [1.29, 1.82) is 0 Å². The number of carbonyl (C=O) groups is 1. The number of ether oxygens (including phenoxy) is 5. The Hall–Kier alpha value is -5.19. The van der Waals surface area contributed by atoms with Gasteiger partial charge in [0.1, 0.15) is 11.5 Å². The summed E-state index contributed by atoms with van der Waals surface area (Å²) in [6.45, 7) is 1.75. The van der Waals surface area contributed by atoms with Crippen LogP contribution in [0.15, 0.2) is 72.4 Å². The number of hydrogen-bond donors (Lipinski definition) is 1. The van der Waals surface area contributed by atoms with Crippen LogP contribution in [0.2, 0.25) is 0 Å². The molecule has 0 radical (unpaired) electrons. The summed E-state index contributed by atoms with van der Waals surface area (Å²) in [7, 11) is 2.93. The van der Waals surface area contributed by atoms with Gasteiger partial charge in [-0.05, 0) is 42.8 Å². The van der Waals surface area contributed by atoms with Crippen LogP contribution in [0.5, 0.6) is 23.0 Å². The maximum Gasteiger partial charge on any atom is 0.343 e. The van der Waals surface area contributed by atoms with Gasteiger partial charge >= 0.3 is 11.9 Å². The van der Waals surface area contributed by atoms with Crippen molar-refractivity contribution in [2.75, 3.05) is 20.8 Å². The van der Waals surface area contributed by atoms with Gasteiger partial charge in [-0.3, -0.25) is 10.1 Å². The number of methoxy groups -OCH3 is 2. The van der Waals surface area contributed by atoms with Crippen molar-refractivity contribution in [3.63, 3.8) is 0 Å². The first-order valence-electron chi connectivity index (χ1n) is 11.3. The summed E-state index contributed by atoms with van der Waals surface area (Å²) < 4.78 is 27.1. The molecule has 0 saturated carbocycles. The first kappa shape index (κ1) is 25.9. The van der Waals surface area contributed by atoms with Gasteiger partial charge in [-0.15, -0.1) is 0 Å². The van der Waals surface area contributed by atoms with Crippen LogP contribution in [0.25, 0.3) is 11.3 Å². The molecule has 11 heteroatoms. The fourth-order valence-corrected chi connectivity index (χ4v) is 3.76. The third-order valence-electron chi connectivity index (χ3n) is 5.51. The molecule has 3 aromatic carbocycles. The van der Waals surface area contributed by atoms with Crippen LogP contribution in [0.4, 0.5) is 5.69 Å². The van der Waals surface area contributed by atoms with E-state index in [9.17, 15) is 25.1 Å². The lowest BCUT2D eigenvalue weighted by Gasteiger charge is -2.30. The summed E-state index contributed by atoms with van der Waals surface area (Å²) in [5.41, 5.74) is 0.232. The average molecular weight is 520 g/mol. The monoisotopic (exact) mass is 520 g/mol. The topological polar surface area (TPSA) is 150 Å². The van der Waals surface area contributed by atoms with E-state index in [0.717, 1.165) is 6.07 Å². The molecule has 0 atom stereocenters. The molecule has 0 fully saturated rings. The number of esters is 1. The second kappa shape index (κ2) is 10.8. The number of benzene rings is 3. The number of nitrogens with zero attached hydrogens (tertiary/aromatic N) is 1. The van der Waals surface area contributed by atoms with Gasteiger partial charge in [0, 0.05) is 29.3 Å². The Kier molecular flexibility index (Phi) is 7.38. The number of allylic oxidation sites excluding steroid dienone is 1. The molecule has 0 aliphatic carbocycles.